The summed E-state index contributed by atoms with van der Waals surface area (Å²) >= 11 is 0. The SMILES string of the molecule is CS(=O)(=O)c1ccc(CCCN)cc1O. The largest absolute Gasteiger partial charge is 0.507 e. The summed E-state index contributed by atoms with van der Waals surface area (Å²) in [5.41, 5.74) is 6.25. The van der Waals surface area contributed by atoms with Gasteiger partial charge >= 0.3 is 0 Å². The van der Waals surface area contributed by atoms with Crippen LogP contribution >= 0.6 is 0 Å². The Hall–Kier alpha value is -1.07. The molecular weight excluding hydrogens is 214 g/mol. The summed E-state index contributed by atoms with van der Waals surface area (Å²) in [6.07, 6.45) is 2.63. The molecule has 1 aromatic carbocycles. The zero-order chi connectivity index (χ0) is 11.5. The molecular formula is C10H15NO3S. The fourth-order valence-corrected chi connectivity index (χ4v) is 2.09. The number of sulfone groups is 1. The lowest BCUT2D eigenvalue weighted by molar-refractivity contribution is 0.458. The Morgan fingerprint density at radius 3 is 2.53 bits per heavy atom. The van der Waals surface area contributed by atoms with E-state index in [1.165, 1.54) is 12.1 Å². The molecule has 4 nitrogen and oxygen atoms in total. The third kappa shape index (κ3) is 3.21. The highest BCUT2D eigenvalue weighted by molar-refractivity contribution is 7.90. The summed E-state index contributed by atoms with van der Waals surface area (Å²) in [6.45, 7) is 0.578. The Kier molecular flexibility index (Phi) is 3.71. The summed E-state index contributed by atoms with van der Waals surface area (Å²) in [5.74, 6) is -0.188. The Balaban J connectivity index is 2.99. The molecule has 84 valence electrons. The smallest absolute Gasteiger partial charge is 0.179 e. The maximum Gasteiger partial charge on any atom is 0.179 e. The number of rotatable bonds is 4. The van der Waals surface area contributed by atoms with Crippen molar-refractivity contribution in [3.8, 4) is 5.75 Å². The van der Waals surface area contributed by atoms with Crippen molar-refractivity contribution in [1.29, 1.82) is 0 Å². The van der Waals surface area contributed by atoms with Gasteiger partial charge in [-0.25, -0.2) is 8.42 Å². The Bertz CT molecular complexity index is 440. The minimum absolute atomic E-state index is 0.0287. The van der Waals surface area contributed by atoms with E-state index in [4.69, 9.17) is 5.73 Å². The summed E-state index contributed by atoms with van der Waals surface area (Å²) in [4.78, 5) is -0.0287. The first-order chi connectivity index (χ1) is 6.95. The van der Waals surface area contributed by atoms with Crippen molar-refractivity contribution in [2.24, 2.45) is 5.73 Å². The molecule has 3 N–H and O–H groups in total. The lowest BCUT2D eigenvalue weighted by Gasteiger charge is -2.05. The normalized spacial score (nSPS) is 11.6. The van der Waals surface area contributed by atoms with Gasteiger partial charge in [0.05, 0.1) is 0 Å². The fourth-order valence-electron chi connectivity index (χ4n) is 1.34. The molecule has 0 aromatic heterocycles. The van der Waals surface area contributed by atoms with Crippen molar-refractivity contribution < 1.29 is 13.5 Å². The van der Waals surface area contributed by atoms with Gasteiger partial charge in [0.15, 0.2) is 9.84 Å². The van der Waals surface area contributed by atoms with Crippen molar-refractivity contribution in [1.82, 2.24) is 0 Å². The molecule has 1 aromatic rings. The maximum atomic E-state index is 11.2. The predicted molar refractivity (Wildman–Crippen MR) is 58.6 cm³/mol. The number of aryl methyl sites for hydroxylation is 1. The minimum Gasteiger partial charge on any atom is -0.507 e. The van der Waals surface area contributed by atoms with Crippen molar-refractivity contribution in [2.75, 3.05) is 12.8 Å². The molecule has 0 fully saturated rings. The van der Waals surface area contributed by atoms with E-state index >= 15 is 0 Å². The van der Waals surface area contributed by atoms with Gasteiger partial charge in [-0.1, -0.05) is 6.07 Å². The van der Waals surface area contributed by atoms with Gasteiger partial charge in [-0.15, -0.1) is 0 Å². The first kappa shape index (κ1) is 12.0. The second-order valence-electron chi connectivity index (χ2n) is 3.47. The Morgan fingerprint density at radius 2 is 2.07 bits per heavy atom. The molecule has 5 heteroatoms. The number of aromatic hydroxyl groups is 1. The first-order valence-corrected chi connectivity index (χ1v) is 6.56. The second kappa shape index (κ2) is 4.63. The van der Waals surface area contributed by atoms with Crippen molar-refractivity contribution in [2.45, 2.75) is 17.7 Å². The van der Waals surface area contributed by atoms with Crippen LogP contribution in [0.2, 0.25) is 0 Å². The molecule has 0 unspecified atom stereocenters. The molecule has 1 rings (SSSR count). The van der Waals surface area contributed by atoms with Crippen LogP contribution in [0, 0.1) is 0 Å². The Morgan fingerprint density at radius 1 is 1.40 bits per heavy atom. The van der Waals surface area contributed by atoms with Crippen molar-refractivity contribution in [3.05, 3.63) is 23.8 Å². The van der Waals surface area contributed by atoms with Gasteiger partial charge in [0.2, 0.25) is 0 Å². The second-order valence-corrected chi connectivity index (χ2v) is 5.45. The van der Waals surface area contributed by atoms with Gasteiger partial charge < -0.3 is 10.8 Å². The van der Waals surface area contributed by atoms with E-state index in [2.05, 4.69) is 0 Å². The van der Waals surface area contributed by atoms with Crippen LogP contribution in [0.4, 0.5) is 0 Å². The lowest BCUT2D eigenvalue weighted by atomic mass is 10.1. The zero-order valence-corrected chi connectivity index (χ0v) is 9.42. The van der Waals surface area contributed by atoms with Crippen molar-refractivity contribution >= 4 is 9.84 Å². The molecule has 0 saturated heterocycles. The van der Waals surface area contributed by atoms with Gasteiger partial charge in [0.1, 0.15) is 10.6 Å². The molecule has 0 radical (unpaired) electrons. The predicted octanol–water partition coefficient (Wildman–Crippen LogP) is 0.687. The average molecular weight is 229 g/mol. The summed E-state index contributed by atoms with van der Waals surface area (Å²) in [7, 11) is -3.35. The van der Waals surface area contributed by atoms with E-state index in [0.717, 1.165) is 24.7 Å². The molecule has 15 heavy (non-hydrogen) atoms. The van der Waals surface area contributed by atoms with E-state index in [1.807, 2.05) is 0 Å². The van der Waals surface area contributed by atoms with E-state index in [1.54, 1.807) is 6.07 Å². The van der Waals surface area contributed by atoms with E-state index in [-0.39, 0.29) is 10.6 Å². The summed E-state index contributed by atoms with van der Waals surface area (Å²) in [6, 6.07) is 4.61. The monoisotopic (exact) mass is 229 g/mol. The topological polar surface area (TPSA) is 80.4 Å². The average Bonchev–Trinajstić information content (AvgIpc) is 2.12. The van der Waals surface area contributed by atoms with Gasteiger partial charge in [-0.3, -0.25) is 0 Å². The van der Waals surface area contributed by atoms with Gasteiger partial charge in [0.25, 0.3) is 0 Å². The van der Waals surface area contributed by atoms with Gasteiger partial charge in [0, 0.05) is 6.26 Å². The van der Waals surface area contributed by atoms with Crippen molar-refractivity contribution in [3.63, 3.8) is 0 Å². The van der Waals surface area contributed by atoms with Crippen LogP contribution < -0.4 is 5.73 Å². The third-order valence-corrected chi connectivity index (χ3v) is 3.24. The van der Waals surface area contributed by atoms with Crippen LogP contribution in [0.5, 0.6) is 5.75 Å². The zero-order valence-electron chi connectivity index (χ0n) is 8.60. The Labute approximate surface area is 89.7 Å². The fraction of sp³-hybridized carbons (Fsp3) is 0.400. The molecule has 0 aliphatic carbocycles. The number of phenols is 1. The molecule has 0 atom stereocenters. The highest BCUT2D eigenvalue weighted by Crippen LogP contribution is 2.23. The quantitative estimate of drug-likeness (QED) is 0.796. The van der Waals surface area contributed by atoms with E-state index in [9.17, 15) is 13.5 Å². The summed E-state index contributed by atoms with van der Waals surface area (Å²) in [5, 5.41) is 9.52. The van der Waals surface area contributed by atoms with Crippen LogP contribution in [-0.2, 0) is 16.3 Å². The maximum absolute atomic E-state index is 11.2. The molecule has 0 spiro atoms. The third-order valence-electron chi connectivity index (χ3n) is 2.09. The van der Waals surface area contributed by atoms with Gasteiger partial charge in [-0.05, 0) is 37.1 Å². The highest BCUT2D eigenvalue weighted by Gasteiger charge is 2.12. The molecule has 0 saturated carbocycles. The number of hydrogen-bond acceptors (Lipinski definition) is 4. The minimum atomic E-state index is -3.35. The number of nitrogens with two attached hydrogens (primary N) is 1. The molecule has 0 heterocycles. The van der Waals surface area contributed by atoms with E-state index < -0.39 is 9.84 Å². The number of benzene rings is 1. The molecule has 0 aliphatic rings. The molecule has 0 amide bonds. The van der Waals surface area contributed by atoms with Gasteiger partial charge in [-0.2, -0.15) is 0 Å². The number of phenolic OH excluding ortho intramolecular Hbond substituents is 1. The van der Waals surface area contributed by atoms with Crippen LogP contribution in [-0.4, -0.2) is 26.3 Å². The summed E-state index contributed by atoms with van der Waals surface area (Å²) < 4.78 is 22.4. The van der Waals surface area contributed by atoms with Crippen LogP contribution in [0.3, 0.4) is 0 Å². The molecule has 0 bridgehead atoms. The lowest BCUT2D eigenvalue weighted by Crippen LogP contribution is -2.01. The van der Waals surface area contributed by atoms with Crippen LogP contribution in [0.1, 0.15) is 12.0 Å². The van der Waals surface area contributed by atoms with Crippen LogP contribution in [0.15, 0.2) is 23.1 Å². The van der Waals surface area contributed by atoms with Crippen LogP contribution in [0.25, 0.3) is 0 Å². The van der Waals surface area contributed by atoms with E-state index in [0.29, 0.717) is 6.54 Å². The highest BCUT2D eigenvalue weighted by atomic mass is 32.2. The number of hydrogen-bond donors (Lipinski definition) is 2. The standard InChI is InChI=1S/C10H15NO3S/c1-15(13,14)10-5-4-8(3-2-6-11)7-9(10)12/h4-5,7,12H,2-3,6,11H2,1H3. The molecule has 0 aliphatic heterocycles. The first-order valence-electron chi connectivity index (χ1n) is 4.67.